The summed E-state index contributed by atoms with van der Waals surface area (Å²) in [7, 11) is 0. The van der Waals surface area contributed by atoms with Crippen LogP contribution < -0.4 is 33.6 Å². The van der Waals surface area contributed by atoms with Crippen LogP contribution in [0.2, 0.25) is 0 Å². The summed E-state index contributed by atoms with van der Waals surface area (Å²) in [5.74, 6) is -0.771. The molecule has 236 valence electrons. The highest BCUT2D eigenvalue weighted by molar-refractivity contribution is 5.06. The van der Waals surface area contributed by atoms with Crippen LogP contribution in [0.1, 0.15) is 19.3 Å². The number of hydrogen-bond donors (Lipinski definition) is 13. The van der Waals surface area contributed by atoms with E-state index in [2.05, 4.69) is 10.6 Å². The van der Waals surface area contributed by atoms with Gasteiger partial charge in [-0.15, -0.1) is 0 Å². The van der Waals surface area contributed by atoms with E-state index in [1.807, 2.05) is 0 Å². The van der Waals surface area contributed by atoms with E-state index in [4.69, 9.17) is 37.1 Å². The van der Waals surface area contributed by atoms with Gasteiger partial charge in [0.15, 0.2) is 6.29 Å². The molecule has 16 nitrogen and oxygen atoms in total. The molecule has 40 heavy (non-hydrogen) atoms. The van der Waals surface area contributed by atoms with Gasteiger partial charge in [-0.3, -0.25) is 0 Å². The van der Waals surface area contributed by atoms with Gasteiger partial charge in [-0.2, -0.15) is 0 Å². The fourth-order valence-corrected chi connectivity index (χ4v) is 5.91. The minimum atomic E-state index is -1.50. The Hall–Kier alpha value is -0.640. The fourth-order valence-electron chi connectivity index (χ4n) is 5.91. The molecule has 3 rings (SSSR count). The van der Waals surface area contributed by atoms with Gasteiger partial charge in [0, 0.05) is 30.6 Å². The van der Waals surface area contributed by atoms with Gasteiger partial charge in [-0.25, -0.2) is 0 Å². The zero-order chi connectivity index (χ0) is 29.6. The second-order valence-electron chi connectivity index (χ2n) is 11.1. The van der Waals surface area contributed by atoms with E-state index in [9.17, 15) is 35.7 Å². The molecule has 17 N–H and O–H groups in total. The van der Waals surface area contributed by atoms with E-state index in [-0.39, 0.29) is 12.8 Å². The normalized spacial score (nSPS) is 44.7. The third-order valence-electron chi connectivity index (χ3n) is 8.25. The Balaban J connectivity index is 1.83. The molecule has 1 unspecified atom stereocenters. The van der Waals surface area contributed by atoms with Crippen LogP contribution in [0.25, 0.3) is 0 Å². The summed E-state index contributed by atoms with van der Waals surface area (Å²) in [6.07, 6.45) is -8.95. The van der Waals surface area contributed by atoms with Gasteiger partial charge in [0.1, 0.15) is 24.4 Å². The Bertz CT molecular complexity index is 742. The highest BCUT2D eigenvalue weighted by atomic mass is 16.7. The van der Waals surface area contributed by atoms with Crippen molar-refractivity contribution in [1.29, 1.82) is 0 Å². The van der Waals surface area contributed by atoms with Gasteiger partial charge in [0.2, 0.25) is 0 Å². The van der Waals surface area contributed by atoms with Crippen LogP contribution in [-0.2, 0) is 14.2 Å². The summed E-state index contributed by atoms with van der Waals surface area (Å²) in [6.45, 7) is 0.0911. The van der Waals surface area contributed by atoms with Crippen LogP contribution in [0.4, 0.5) is 0 Å². The number of nitrogens with one attached hydrogen (secondary N) is 2. The van der Waals surface area contributed by atoms with E-state index < -0.39 is 111 Å². The molecule has 2 heterocycles. The number of rotatable bonds is 13. The average molecular weight is 583 g/mol. The van der Waals surface area contributed by atoms with Crippen molar-refractivity contribution in [2.24, 2.45) is 28.9 Å². The Kier molecular flexibility index (Phi) is 13.3. The molecule has 3 aliphatic rings. The predicted octanol–water partition coefficient (Wildman–Crippen LogP) is -7.06. The van der Waals surface area contributed by atoms with E-state index in [0.29, 0.717) is 19.6 Å². The van der Waals surface area contributed by atoms with Crippen LogP contribution in [0.3, 0.4) is 0 Å². The maximum absolute atomic E-state index is 11.7. The highest BCUT2D eigenvalue weighted by Gasteiger charge is 2.53. The fraction of sp³-hybridized carbons (Fsp3) is 1.00. The molecule has 0 aromatic carbocycles. The van der Waals surface area contributed by atoms with Crippen LogP contribution >= 0.6 is 0 Å². The molecule has 0 aromatic rings. The first-order chi connectivity index (χ1) is 19.1. The smallest absolute Gasteiger partial charge is 0.186 e. The van der Waals surface area contributed by atoms with Crippen molar-refractivity contribution in [1.82, 2.24) is 10.6 Å². The van der Waals surface area contributed by atoms with Gasteiger partial charge in [0.25, 0.3) is 0 Å². The Labute approximate surface area is 233 Å². The Morgan fingerprint density at radius 3 is 2.20 bits per heavy atom. The first-order valence-electron chi connectivity index (χ1n) is 14.0. The van der Waals surface area contributed by atoms with Crippen molar-refractivity contribution in [3.05, 3.63) is 0 Å². The molecule has 3 fully saturated rings. The largest absolute Gasteiger partial charge is 0.395 e. The molecule has 1 saturated carbocycles. The van der Waals surface area contributed by atoms with Crippen molar-refractivity contribution in [2.75, 3.05) is 39.5 Å². The Morgan fingerprint density at radius 2 is 1.57 bits per heavy atom. The van der Waals surface area contributed by atoms with Gasteiger partial charge in [-0.1, -0.05) is 0 Å². The molecule has 2 saturated heterocycles. The lowest BCUT2D eigenvalue weighted by atomic mass is 9.72. The van der Waals surface area contributed by atoms with Crippen molar-refractivity contribution in [3.8, 4) is 0 Å². The van der Waals surface area contributed by atoms with Gasteiger partial charge >= 0.3 is 0 Å². The van der Waals surface area contributed by atoms with Crippen LogP contribution in [-0.4, -0.2) is 161 Å². The van der Waals surface area contributed by atoms with Crippen molar-refractivity contribution >= 4 is 0 Å². The summed E-state index contributed by atoms with van der Waals surface area (Å²) in [5.41, 5.74) is 24.4. The number of aliphatic hydroxyl groups excluding tert-OH is 7. The maximum atomic E-state index is 11.7. The third kappa shape index (κ3) is 7.84. The summed E-state index contributed by atoms with van der Waals surface area (Å²) in [4.78, 5) is 0. The summed E-state index contributed by atoms with van der Waals surface area (Å²) in [5, 5.41) is 78.3. The molecule has 1 aliphatic carbocycles. The van der Waals surface area contributed by atoms with Crippen molar-refractivity contribution in [3.63, 3.8) is 0 Å². The minimum absolute atomic E-state index is 0.193. The van der Waals surface area contributed by atoms with E-state index in [1.54, 1.807) is 0 Å². The first-order valence-corrected chi connectivity index (χ1v) is 14.0. The standard InChI is InChI=1S/C24H50N6O10/c25-2-1-3-29-6-15-14(34)5-12(27)22(38-15)17-11(26)4-13(30-10(7-31)8-32)23(20(17)36)40-24-21(37)18(28)19(35)16(9-33)39-24/h10-24,29-37H,1-9,25-28H2/t11-,12+,13+,14-,15+,16+,17?,18-,19+,20-,21+,22-,23-,24+/m0/s1. The maximum Gasteiger partial charge on any atom is 0.186 e. The predicted molar refractivity (Wildman–Crippen MR) is 141 cm³/mol. The molecular formula is C24H50N6O10. The molecule has 0 bridgehead atoms. The lowest BCUT2D eigenvalue weighted by Gasteiger charge is -2.52. The Morgan fingerprint density at radius 1 is 0.875 bits per heavy atom. The topological polar surface area (TPSA) is 297 Å². The van der Waals surface area contributed by atoms with E-state index >= 15 is 0 Å². The second kappa shape index (κ2) is 15.7. The number of aliphatic hydroxyl groups is 7. The molecule has 0 radical (unpaired) electrons. The van der Waals surface area contributed by atoms with Gasteiger partial charge in [0.05, 0.1) is 56.3 Å². The average Bonchev–Trinajstić information content (AvgIpc) is 2.93. The second-order valence-corrected chi connectivity index (χ2v) is 11.1. The van der Waals surface area contributed by atoms with E-state index in [0.717, 1.165) is 6.42 Å². The first kappa shape index (κ1) is 33.9. The quantitative estimate of drug-likeness (QED) is 0.0897. The molecule has 2 aliphatic heterocycles. The lowest BCUT2D eigenvalue weighted by molar-refractivity contribution is -0.307. The van der Waals surface area contributed by atoms with Gasteiger partial charge < -0.3 is 83.5 Å². The summed E-state index contributed by atoms with van der Waals surface area (Å²) in [6, 6.07) is -4.02. The zero-order valence-electron chi connectivity index (χ0n) is 22.7. The number of hydrogen-bond acceptors (Lipinski definition) is 16. The SMILES string of the molecule is NCCCNC[C@H]1O[C@H](C2[C@@H](N)C[C@@H](NC(CO)CO)[C@H](O[C@H]3O[C@H](CO)[C@@H](O)[C@H](N)[C@H]3O)[C@H]2O)[C@H](N)C[C@@H]1O. The summed E-state index contributed by atoms with van der Waals surface area (Å²) < 4.78 is 17.9. The zero-order valence-corrected chi connectivity index (χ0v) is 22.7. The molecule has 0 aromatic heterocycles. The van der Waals surface area contributed by atoms with Crippen LogP contribution in [0.5, 0.6) is 0 Å². The highest BCUT2D eigenvalue weighted by Crippen LogP contribution is 2.36. The molecular weight excluding hydrogens is 532 g/mol. The van der Waals surface area contributed by atoms with Crippen LogP contribution in [0, 0.1) is 5.92 Å². The third-order valence-corrected chi connectivity index (χ3v) is 8.25. The summed E-state index contributed by atoms with van der Waals surface area (Å²) >= 11 is 0. The minimum Gasteiger partial charge on any atom is -0.395 e. The molecule has 0 spiro atoms. The molecule has 14 atom stereocenters. The van der Waals surface area contributed by atoms with Crippen molar-refractivity contribution < 1.29 is 50.0 Å². The molecule has 0 amide bonds. The van der Waals surface area contributed by atoms with Gasteiger partial charge in [-0.05, 0) is 32.4 Å². The number of nitrogens with two attached hydrogens (primary N) is 4. The van der Waals surface area contributed by atoms with Crippen molar-refractivity contribution in [2.45, 2.75) is 105 Å². The van der Waals surface area contributed by atoms with Crippen LogP contribution in [0.15, 0.2) is 0 Å². The molecule has 16 heteroatoms. The number of ether oxygens (including phenoxy) is 3. The monoisotopic (exact) mass is 582 g/mol. The van der Waals surface area contributed by atoms with E-state index in [1.165, 1.54) is 0 Å². The lowest BCUT2D eigenvalue weighted by Crippen LogP contribution is -2.70.